The van der Waals surface area contributed by atoms with Crippen LogP contribution in [0, 0.1) is 5.92 Å². The fourth-order valence-corrected chi connectivity index (χ4v) is 2.53. The number of methoxy groups -OCH3 is 1. The minimum atomic E-state index is 0.0277. The number of hydrogen-bond acceptors (Lipinski definition) is 3. The van der Waals surface area contributed by atoms with Crippen LogP contribution in [0.4, 0.5) is 0 Å². The molecule has 1 heterocycles. The van der Waals surface area contributed by atoms with Gasteiger partial charge in [-0.1, -0.05) is 19.1 Å². The molecule has 0 aliphatic carbocycles. The van der Waals surface area contributed by atoms with Crippen molar-refractivity contribution in [2.75, 3.05) is 26.7 Å². The Morgan fingerprint density at radius 2 is 2.11 bits per heavy atom. The molecular weight excluding hydrogens is 240 g/mol. The van der Waals surface area contributed by atoms with E-state index in [-0.39, 0.29) is 17.7 Å². The normalized spacial score (nSPS) is 22.2. The molecule has 1 fully saturated rings. The summed E-state index contributed by atoms with van der Waals surface area (Å²) in [5, 5.41) is 6.31. The second-order valence-corrected chi connectivity index (χ2v) is 4.94. The zero-order valence-electron chi connectivity index (χ0n) is 11.6. The first kappa shape index (κ1) is 13.9. The highest BCUT2D eigenvalue weighted by molar-refractivity contribution is 5.80. The van der Waals surface area contributed by atoms with Crippen LogP contribution in [0.2, 0.25) is 0 Å². The molecule has 1 aromatic rings. The van der Waals surface area contributed by atoms with E-state index in [9.17, 15) is 4.79 Å². The summed E-state index contributed by atoms with van der Waals surface area (Å²) in [6.07, 6.45) is 0.971. The third kappa shape index (κ3) is 3.26. The molecule has 4 nitrogen and oxygen atoms in total. The van der Waals surface area contributed by atoms with Crippen LogP contribution < -0.4 is 15.4 Å². The molecule has 0 aromatic heterocycles. The quantitative estimate of drug-likeness (QED) is 0.846. The van der Waals surface area contributed by atoms with E-state index < -0.39 is 0 Å². The van der Waals surface area contributed by atoms with Crippen molar-refractivity contribution < 1.29 is 9.53 Å². The maximum absolute atomic E-state index is 12.1. The molecule has 0 bridgehead atoms. The van der Waals surface area contributed by atoms with Gasteiger partial charge >= 0.3 is 0 Å². The molecule has 1 aliphatic heterocycles. The Labute approximate surface area is 114 Å². The van der Waals surface area contributed by atoms with Crippen LogP contribution >= 0.6 is 0 Å². The van der Waals surface area contributed by atoms with Crippen LogP contribution in [0.3, 0.4) is 0 Å². The molecule has 1 aromatic carbocycles. The third-order valence-electron chi connectivity index (χ3n) is 3.64. The smallest absolute Gasteiger partial charge is 0.225 e. The number of hydrogen-bond donors (Lipinski definition) is 2. The topological polar surface area (TPSA) is 50.4 Å². The summed E-state index contributed by atoms with van der Waals surface area (Å²) in [6.45, 7) is 4.43. The lowest BCUT2D eigenvalue weighted by Crippen LogP contribution is -2.34. The van der Waals surface area contributed by atoms with Gasteiger partial charge in [0.2, 0.25) is 5.91 Å². The second-order valence-electron chi connectivity index (χ2n) is 4.94. The van der Waals surface area contributed by atoms with Crippen molar-refractivity contribution in [1.29, 1.82) is 0 Å². The van der Waals surface area contributed by atoms with Crippen molar-refractivity contribution in [2.45, 2.75) is 19.3 Å². The number of ether oxygens (including phenoxy) is 1. The van der Waals surface area contributed by atoms with Crippen LogP contribution in [-0.2, 0) is 4.79 Å². The van der Waals surface area contributed by atoms with E-state index in [0.29, 0.717) is 0 Å². The van der Waals surface area contributed by atoms with Crippen LogP contribution in [-0.4, -0.2) is 32.7 Å². The Bertz CT molecular complexity index is 417. The SMILES string of the molecule is CCCNC(=O)C1CNCC1c1ccc(OC)cc1. The standard InChI is InChI=1S/C15H22N2O2/c1-3-8-17-15(18)14-10-16-9-13(14)11-4-6-12(19-2)7-5-11/h4-7,13-14,16H,3,8-10H2,1-2H3,(H,17,18). The highest BCUT2D eigenvalue weighted by Crippen LogP contribution is 2.29. The zero-order chi connectivity index (χ0) is 13.7. The molecule has 0 saturated carbocycles. The van der Waals surface area contributed by atoms with E-state index in [4.69, 9.17) is 4.74 Å². The van der Waals surface area contributed by atoms with Gasteiger partial charge in [-0.05, 0) is 24.1 Å². The van der Waals surface area contributed by atoms with Crippen molar-refractivity contribution in [3.05, 3.63) is 29.8 Å². The lowest BCUT2D eigenvalue weighted by atomic mass is 9.88. The van der Waals surface area contributed by atoms with Crippen LogP contribution in [0.15, 0.2) is 24.3 Å². The van der Waals surface area contributed by atoms with Crippen molar-refractivity contribution in [3.63, 3.8) is 0 Å². The summed E-state index contributed by atoms with van der Waals surface area (Å²) < 4.78 is 5.16. The van der Waals surface area contributed by atoms with Gasteiger partial charge in [-0.2, -0.15) is 0 Å². The number of rotatable bonds is 5. The lowest BCUT2D eigenvalue weighted by molar-refractivity contribution is -0.124. The molecule has 1 amide bonds. The molecule has 1 saturated heterocycles. The predicted molar refractivity (Wildman–Crippen MR) is 75.4 cm³/mol. The zero-order valence-corrected chi connectivity index (χ0v) is 11.6. The molecule has 0 radical (unpaired) electrons. The molecule has 19 heavy (non-hydrogen) atoms. The number of benzene rings is 1. The van der Waals surface area contributed by atoms with Gasteiger partial charge in [-0.25, -0.2) is 0 Å². The Kier molecular flexibility index (Phi) is 4.80. The van der Waals surface area contributed by atoms with E-state index in [0.717, 1.165) is 31.8 Å². The highest BCUT2D eigenvalue weighted by Gasteiger charge is 2.33. The Morgan fingerprint density at radius 1 is 1.37 bits per heavy atom. The van der Waals surface area contributed by atoms with Crippen LogP contribution in [0.1, 0.15) is 24.8 Å². The first-order chi connectivity index (χ1) is 9.26. The number of amides is 1. The third-order valence-corrected chi connectivity index (χ3v) is 3.64. The van der Waals surface area contributed by atoms with Crippen LogP contribution in [0.5, 0.6) is 5.75 Å². The largest absolute Gasteiger partial charge is 0.497 e. The Balaban J connectivity index is 2.06. The van der Waals surface area contributed by atoms with Crippen LogP contribution in [0.25, 0.3) is 0 Å². The first-order valence-corrected chi connectivity index (χ1v) is 6.88. The molecule has 2 N–H and O–H groups in total. The summed E-state index contributed by atoms with van der Waals surface area (Å²) in [6, 6.07) is 8.01. The fraction of sp³-hybridized carbons (Fsp3) is 0.533. The molecule has 2 unspecified atom stereocenters. The summed E-state index contributed by atoms with van der Waals surface area (Å²) >= 11 is 0. The molecule has 4 heteroatoms. The molecule has 2 atom stereocenters. The molecule has 0 spiro atoms. The van der Waals surface area contributed by atoms with E-state index in [2.05, 4.69) is 29.7 Å². The fourth-order valence-electron chi connectivity index (χ4n) is 2.53. The van der Waals surface area contributed by atoms with Gasteiger partial charge in [0.15, 0.2) is 0 Å². The van der Waals surface area contributed by atoms with E-state index in [1.807, 2.05) is 12.1 Å². The minimum Gasteiger partial charge on any atom is -0.497 e. The predicted octanol–water partition coefficient (Wildman–Crippen LogP) is 1.52. The van der Waals surface area contributed by atoms with Crippen molar-refractivity contribution >= 4 is 5.91 Å². The van der Waals surface area contributed by atoms with Gasteiger partial charge in [0, 0.05) is 25.6 Å². The summed E-state index contributed by atoms with van der Waals surface area (Å²) in [7, 11) is 1.66. The highest BCUT2D eigenvalue weighted by atomic mass is 16.5. The molecule has 1 aliphatic rings. The van der Waals surface area contributed by atoms with Gasteiger partial charge in [0.1, 0.15) is 5.75 Å². The monoisotopic (exact) mass is 262 g/mol. The van der Waals surface area contributed by atoms with Gasteiger partial charge in [0.25, 0.3) is 0 Å². The minimum absolute atomic E-state index is 0.0277. The average Bonchev–Trinajstić information content (AvgIpc) is 2.94. The summed E-state index contributed by atoms with van der Waals surface area (Å²) in [5.74, 6) is 1.29. The number of carbonyl (C=O) groups is 1. The van der Waals surface area contributed by atoms with E-state index >= 15 is 0 Å². The maximum Gasteiger partial charge on any atom is 0.225 e. The van der Waals surface area contributed by atoms with Crippen molar-refractivity contribution in [3.8, 4) is 5.75 Å². The number of nitrogens with one attached hydrogen (secondary N) is 2. The molecular formula is C15H22N2O2. The van der Waals surface area contributed by atoms with E-state index in [1.54, 1.807) is 7.11 Å². The Hall–Kier alpha value is -1.55. The second kappa shape index (κ2) is 6.57. The molecule has 2 rings (SSSR count). The van der Waals surface area contributed by atoms with E-state index in [1.165, 1.54) is 5.56 Å². The summed E-state index contributed by atoms with van der Waals surface area (Å²) in [5.41, 5.74) is 1.20. The summed E-state index contributed by atoms with van der Waals surface area (Å²) in [4.78, 5) is 12.1. The average molecular weight is 262 g/mol. The lowest BCUT2D eigenvalue weighted by Gasteiger charge is -2.18. The first-order valence-electron chi connectivity index (χ1n) is 6.88. The van der Waals surface area contributed by atoms with Gasteiger partial charge in [0.05, 0.1) is 13.0 Å². The maximum atomic E-state index is 12.1. The van der Waals surface area contributed by atoms with Gasteiger partial charge in [-0.15, -0.1) is 0 Å². The van der Waals surface area contributed by atoms with Crippen molar-refractivity contribution in [2.24, 2.45) is 5.92 Å². The molecule has 104 valence electrons. The van der Waals surface area contributed by atoms with Gasteiger partial charge < -0.3 is 15.4 Å². The Morgan fingerprint density at radius 3 is 2.74 bits per heavy atom. The number of carbonyl (C=O) groups excluding carboxylic acids is 1. The van der Waals surface area contributed by atoms with Crippen molar-refractivity contribution in [1.82, 2.24) is 10.6 Å². The van der Waals surface area contributed by atoms with Gasteiger partial charge in [-0.3, -0.25) is 4.79 Å².